The molecule has 0 heterocycles. The average molecular weight is 160 g/mol. The summed E-state index contributed by atoms with van der Waals surface area (Å²) in [6.45, 7) is 3.78. The van der Waals surface area contributed by atoms with Crippen molar-refractivity contribution in [1.29, 1.82) is 0 Å². The Morgan fingerprint density at radius 2 is 2.40 bits per heavy atom. The second kappa shape index (κ2) is 5.62. The maximum atomic E-state index is 5.74. The van der Waals surface area contributed by atoms with Crippen LogP contribution >= 0.6 is 11.8 Å². The predicted octanol–water partition coefficient (Wildman–Crippen LogP) is 0.800. The van der Waals surface area contributed by atoms with E-state index >= 15 is 0 Å². The zero-order chi connectivity index (χ0) is 7.98. The van der Waals surface area contributed by atoms with E-state index in [1.54, 1.807) is 0 Å². The van der Waals surface area contributed by atoms with Crippen LogP contribution in [-0.2, 0) is 0 Å². The number of nitrogens with two attached hydrogens (primary N) is 1. The lowest BCUT2D eigenvalue weighted by molar-refractivity contribution is 0.698. The van der Waals surface area contributed by atoms with Crippen molar-refractivity contribution in [2.45, 2.75) is 12.5 Å². The normalized spacial score (nSPS) is 12.7. The topological polar surface area (TPSA) is 38.0 Å². The molecule has 0 aromatic carbocycles. The van der Waals surface area contributed by atoms with Gasteiger partial charge >= 0.3 is 0 Å². The van der Waals surface area contributed by atoms with E-state index in [1.165, 1.54) is 0 Å². The number of hydrogen-bond donors (Lipinski definition) is 2. The van der Waals surface area contributed by atoms with Crippen LogP contribution in [0.5, 0.6) is 0 Å². The van der Waals surface area contributed by atoms with Gasteiger partial charge in [-0.25, -0.2) is 0 Å². The molecule has 1 atom stereocenters. The summed E-state index contributed by atoms with van der Waals surface area (Å²) in [7, 11) is 1.85. The van der Waals surface area contributed by atoms with Gasteiger partial charge in [0.15, 0.2) is 0 Å². The van der Waals surface area contributed by atoms with Gasteiger partial charge in [0.1, 0.15) is 0 Å². The van der Waals surface area contributed by atoms with Crippen molar-refractivity contribution in [2.75, 3.05) is 19.1 Å². The van der Waals surface area contributed by atoms with E-state index < -0.39 is 0 Å². The molecule has 0 aliphatic carbocycles. The fourth-order valence-corrected chi connectivity index (χ4v) is 1.09. The quantitative estimate of drug-likeness (QED) is 0.625. The second-order valence-corrected chi connectivity index (χ2v) is 3.15. The van der Waals surface area contributed by atoms with E-state index in [0.29, 0.717) is 0 Å². The lowest BCUT2D eigenvalue weighted by Gasteiger charge is -2.12. The highest BCUT2D eigenvalue weighted by Gasteiger charge is 2.02. The van der Waals surface area contributed by atoms with Gasteiger partial charge in [0.05, 0.1) is 0 Å². The van der Waals surface area contributed by atoms with Gasteiger partial charge in [-0.15, -0.1) is 0 Å². The molecule has 0 saturated carbocycles. The summed E-state index contributed by atoms with van der Waals surface area (Å²) in [5, 5.41) is 2.94. The van der Waals surface area contributed by atoms with Crippen molar-refractivity contribution in [3.8, 4) is 0 Å². The van der Waals surface area contributed by atoms with Gasteiger partial charge in [0, 0.05) is 18.8 Å². The summed E-state index contributed by atoms with van der Waals surface area (Å²) in [6, 6.07) is 0.109. The van der Waals surface area contributed by atoms with Gasteiger partial charge in [-0.2, -0.15) is 11.8 Å². The third-order valence-corrected chi connectivity index (χ3v) is 2.05. The van der Waals surface area contributed by atoms with Crippen LogP contribution in [0.4, 0.5) is 0 Å². The highest BCUT2D eigenvalue weighted by Crippen LogP contribution is 2.02. The van der Waals surface area contributed by atoms with E-state index in [9.17, 15) is 0 Å². The second-order valence-electron chi connectivity index (χ2n) is 2.16. The Hall–Kier alpha value is -0.150. The molecule has 0 amide bonds. The van der Waals surface area contributed by atoms with Crippen LogP contribution in [0.15, 0.2) is 12.3 Å². The molecular formula is C7H16N2S. The van der Waals surface area contributed by atoms with Gasteiger partial charge in [0.2, 0.25) is 0 Å². The Balaban J connectivity index is 3.41. The third kappa shape index (κ3) is 3.80. The minimum absolute atomic E-state index is 0.109. The summed E-state index contributed by atoms with van der Waals surface area (Å²) in [4.78, 5) is 0. The highest BCUT2D eigenvalue weighted by atomic mass is 32.2. The standard InChI is InChI=1S/C7H16N2S/c1-6(9-2)7(8)4-5-10-3/h7,9H,1,4-5,8H2,2-3H3/t7-/m0/s1. The molecule has 0 fully saturated rings. The van der Waals surface area contributed by atoms with Crippen LogP contribution in [0.2, 0.25) is 0 Å². The Morgan fingerprint density at radius 1 is 1.80 bits per heavy atom. The van der Waals surface area contributed by atoms with E-state index in [4.69, 9.17) is 5.73 Å². The Kier molecular flexibility index (Phi) is 5.54. The number of hydrogen-bond acceptors (Lipinski definition) is 3. The lowest BCUT2D eigenvalue weighted by atomic mass is 10.2. The van der Waals surface area contributed by atoms with E-state index in [1.807, 2.05) is 18.8 Å². The van der Waals surface area contributed by atoms with Crippen LogP contribution in [0, 0.1) is 0 Å². The molecule has 0 unspecified atom stereocenters. The number of nitrogens with one attached hydrogen (secondary N) is 1. The van der Waals surface area contributed by atoms with Crippen molar-refractivity contribution < 1.29 is 0 Å². The van der Waals surface area contributed by atoms with E-state index in [-0.39, 0.29) is 6.04 Å². The van der Waals surface area contributed by atoms with Gasteiger partial charge in [-0.05, 0) is 18.4 Å². The van der Waals surface area contributed by atoms with Crippen molar-refractivity contribution in [2.24, 2.45) is 5.73 Å². The molecule has 0 aromatic heterocycles. The van der Waals surface area contributed by atoms with Crippen LogP contribution in [-0.4, -0.2) is 25.1 Å². The van der Waals surface area contributed by atoms with Crippen molar-refractivity contribution >= 4 is 11.8 Å². The van der Waals surface area contributed by atoms with Gasteiger partial charge in [0.25, 0.3) is 0 Å². The third-order valence-electron chi connectivity index (χ3n) is 1.40. The maximum Gasteiger partial charge on any atom is 0.0446 e. The van der Waals surface area contributed by atoms with Gasteiger partial charge in [-0.1, -0.05) is 6.58 Å². The zero-order valence-corrected chi connectivity index (χ0v) is 7.50. The molecule has 0 spiro atoms. The zero-order valence-electron chi connectivity index (χ0n) is 6.68. The molecule has 60 valence electrons. The largest absolute Gasteiger partial charge is 0.391 e. The molecular weight excluding hydrogens is 144 g/mol. The van der Waals surface area contributed by atoms with Crippen LogP contribution < -0.4 is 11.1 Å². The monoisotopic (exact) mass is 160 g/mol. The summed E-state index contributed by atoms with van der Waals surface area (Å²) >= 11 is 1.81. The minimum atomic E-state index is 0.109. The number of likely N-dealkylation sites (N-methyl/N-ethyl adjacent to an activating group) is 1. The molecule has 10 heavy (non-hydrogen) atoms. The fourth-order valence-electron chi connectivity index (χ4n) is 0.604. The Morgan fingerprint density at radius 3 is 2.80 bits per heavy atom. The van der Waals surface area contributed by atoms with Gasteiger partial charge < -0.3 is 11.1 Å². The van der Waals surface area contributed by atoms with Crippen LogP contribution in [0.3, 0.4) is 0 Å². The Bertz CT molecular complexity index is 104. The Labute approximate surface area is 67.3 Å². The molecule has 0 radical (unpaired) electrons. The smallest absolute Gasteiger partial charge is 0.0446 e. The number of rotatable bonds is 5. The molecule has 2 nitrogen and oxygen atoms in total. The first-order valence-electron chi connectivity index (χ1n) is 3.33. The SMILES string of the molecule is C=C(NC)[C@@H](N)CCSC. The fraction of sp³-hybridized carbons (Fsp3) is 0.714. The van der Waals surface area contributed by atoms with Crippen molar-refractivity contribution in [3.63, 3.8) is 0 Å². The molecule has 0 rings (SSSR count). The van der Waals surface area contributed by atoms with E-state index in [2.05, 4.69) is 18.2 Å². The summed E-state index contributed by atoms with van der Waals surface area (Å²) < 4.78 is 0. The molecule has 0 aromatic rings. The highest BCUT2D eigenvalue weighted by molar-refractivity contribution is 7.98. The molecule has 0 saturated heterocycles. The van der Waals surface area contributed by atoms with E-state index in [0.717, 1.165) is 17.9 Å². The molecule has 0 aliphatic rings. The van der Waals surface area contributed by atoms with Gasteiger partial charge in [-0.3, -0.25) is 0 Å². The molecule has 3 heteroatoms. The van der Waals surface area contributed by atoms with Crippen molar-refractivity contribution in [3.05, 3.63) is 12.3 Å². The molecule has 3 N–H and O–H groups in total. The van der Waals surface area contributed by atoms with Crippen LogP contribution in [0.25, 0.3) is 0 Å². The summed E-state index contributed by atoms with van der Waals surface area (Å²) in [6.07, 6.45) is 3.08. The lowest BCUT2D eigenvalue weighted by Crippen LogP contribution is -2.29. The minimum Gasteiger partial charge on any atom is -0.391 e. The first-order valence-corrected chi connectivity index (χ1v) is 4.72. The first-order chi connectivity index (χ1) is 4.72. The molecule has 0 aliphatic heterocycles. The maximum absolute atomic E-state index is 5.74. The molecule has 0 bridgehead atoms. The summed E-state index contributed by atoms with van der Waals surface area (Å²) in [5.41, 5.74) is 6.66. The first kappa shape index (κ1) is 9.85. The predicted molar refractivity (Wildman–Crippen MR) is 49.2 cm³/mol. The van der Waals surface area contributed by atoms with Crippen molar-refractivity contribution in [1.82, 2.24) is 5.32 Å². The summed E-state index contributed by atoms with van der Waals surface area (Å²) in [5.74, 6) is 1.10. The average Bonchev–Trinajstić information content (AvgIpc) is 1.98. The number of thioether (sulfide) groups is 1. The van der Waals surface area contributed by atoms with Crippen LogP contribution in [0.1, 0.15) is 6.42 Å².